The highest BCUT2D eigenvalue weighted by atomic mass is 16.5. The summed E-state index contributed by atoms with van der Waals surface area (Å²) >= 11 is 0. The van der Waals surface area contributed by atoms with Gasteiger partial charge in [-0.05, 0) is 33.6 Å². The van der Waals surface area contributed by atoms with E-state index >= 15 is 0 Å². The van der Waals surface area contributed by atoms with Crippen molar-refractivity contribution in [2.75, 3.05) is 6.61 Å². The van der Waals surface area contributed by atoms with Crippen LogP contribution in [0.3, 0.4) is 0 Å². The first-order chi connectivity index (χ1) is 8.08. The number of rotatable bonds is 2. The van der Waals surface area contributed by atoms with Gasteiger partial charge in [-0.2, -0.15) is 5.10 Å². The highest BCUT2D eigenvalue weighted by Gasteiger charge is 2.23. The summed E-state index contributed by atoms with van der Waals surface area (Å²) in [5.74, 6) is -0.0344. The van der Waals surface area contributed by atoms with Crippen molar-refractivity contribution in [2.45, 2.75) is 45.8 Å². The number of aromatic amines is 1. The van der Waals surface area contributed by atoms with Crippen molar-refractivity contribution in [1.82, 2.24) is 15.5 Å². The van der Waals surface area contributed by atoms with Crippen molar-refractivity contribution in [3.8, 4) is 0 Å². The average Bonchev–Trinajstić information content (AvgIpc) is 2.58. The quantitative estimate of drug-likeness (QED) is 0.815. The monoisotopic (exact) mass is 237 g/mol. The van der Waals surface area contributed by atoms with Crippen LogP contribution < -0.4 is 5.32 Å². The van der Waals surface area contributed by atoms with Crippen LogP contribution in [0.5, 0.6) is 0 Å². The molecule has 5 heteroatoms. The van der Waals surface area contributed by atoms with E-state index in [1.54, 1.807) is 0 Å². The SMILES string of the molecule is Cc1n[nH]c(C)c1C(=O)NC1CCOC(C)C1. The Morgan fingerprint density at radius 3 is 2.88 bits per heavy atom. The lowest BCUT2D eigenvalue weighted by molar-refractivity contribution is 0.0136. The molecule has 2 unspecified atom stereocenters. The molecule has 0 aromatic carbocycles. The summed E-state index contributed by atoms with van der Waals surface area (Å²) in [4.78, 5) is 12.1. The Kier molecular flexibility index (Phi) is 3.47. The number of hydrogen-bond donors (Lipinski definition) is 2. The van der Waals surface area contributed by atoms with E-state index < -0.39 is 0 Å². The standard InChI is InChI=1S/C12H19N3O2/c1-7-6-10(4-5-17-7)13-12(16)11-8(2)14-15-9(11)3/h7,10H,4-6H2,1-3H3,(H,13,16)(H,14,15). The average molecular weight is 237 g/mol. The zero-order valence-electron chi connectivity index (χ0n) is 10.5. The van der Waals surface area contributed by atoms with E-state index in [9.17, 15) is 4.79 Å². The van der Waals surface area contributed by atoms with Crippen LogP contribution in [-0.2, 0) is 4.74 Å². The van der Waals surface area contributed by atoms with Crippen molar-refractivity contribution >= 4 is 5.91 Å². The number of carbonyl (C=O) groups excluding carboxylic acids is 1. The molecule has 1 amide bonds. The summed E-state index contributed by atoms with van der Waals surface area (Å²) in [6, 6.07) is 0.208. The van der Waals surface area contributed by atoms with Crippen LogP contribution >= 0.6 is 0 Å². The maximum absolute atomic E-state index is 12.1. The second kappa shape index (κ2) is 4.87. The lowest BCUT2D eigenvalue weighted by Crippen LogP contribution is -2.41. The van der Waals surface area contributed by atoms with E-state index in [0.717, 1.165) is 30.8 Å². The number of nitrogens with zero attached hydrogens (tertiary/aromatic N) is 1. The van der Waals surface area contributed by atoms with E-state index in [-0.39, 0.29) is 18.1 Å². The molecule has 1 aliphatic rings. The van der Waals surface area contributed by atoms with Crippen LogP contribution in [0.1, 0.15) is 41.5 Å². The number of aromatic nitrogens is 2. The summed E-state index contributed by atoms with van der Waals surface area (Å²) in [5, 5.41) is 9.92. The second-order valence-corrected chi connectivity index (χ2v) is 4.69. The van der Waals surface area contributed by atoms with Gasteiger partial charge in [0.15, 0.2) is 0 Å². The van der Waals surface area contributed by atoms with Crippen molar-refractivity contribution in [3.63, 3.8) is 0 Å². The molecular formula is C12H19N3O2. The van der Waals surface area contributed by atoms with Gasteiger partial charge < -0.3 is 10.1 Å². The Balaban J connectivity index is 2.02. The Bertz CT molecular complexity index is 394. The lowest BCUT2D eigenvalue weighted by Gasteiger charge is -2.27. The Morgan fingerprint density at radius 1 is 1.53 bits per heavy atom. The molecule has 0 aliphatic carbocycles. The molecule has 2 N–H and O–H groups in total. The number of carbonyl (C=O) groups is 1. The minimum Gasteiger partial charge on any atom is -0.378 e. The summed E-state index contributed by atoms with van der Waals surface area (Å²) < 4.78 is 5.46. The molecule has 1 fully saturated rings. The third-order valence-electron chi connectivity index (χ3n) is 3.18. The predicted octanol–water partition coefficient (Wildman–Crippen LogP) is 1.32. The van der Waals surface area contributed by atoms with Gasteiger partial charge in [-0.15, -0.1) is 0 Å². The molecule has 0 saturated carbocycles. The zero-order valence-corrected chi connectivity index (χ0v) is 10.5. The van der Waals surface area contributed by atoms with Gasteiger partial charge in [-0.25, -0.2) is 0 Å². The maximum atomic E-state index is 12.1. The normalized spacial score (nSPS) is 24.6. The third-order valence-corrected chi connectivity index (χ3v) is 3.18. The summed E-state index contributed by atoms with van der Waals surface area (Å²) in [5.41, 5.74) is 2.24. The lowest BCUT2D eigenvalue weighted by atomic mass is 10.0. The molecular weight excluding hydrogens is 218 g/mol. The minimum atomic E-state index is -0.0344. The molecule has 2 heterocycles. The Labute approximate surface area is 101 Å². The van der Waals surface area contributed by atoms with E-state index in [0.29, 0.717) is 5.56 Å². The molecule has 0 bridgehead atoms. The summed E-state index contributed by atoms with van der Waals surface area (Å²) in [6.07, 6.45) is 1.98. The summed E-state index contributed by atoms with van der Waals surface area (Å²) in [7, 11) is 0. The Morgan fingerprint density at radius 2 is 2.29 bits per heavy atom. The van der Waals surface area contributed by atoms with Gasteiger partial charge in [0, 0.05) is 18.3 Å². The number of hydrogen-bond acceptors (Lipinski definition) is 3. The van der Waals surface area contributed by atoms with Crippen LogP contribution in [0.2, 0.25) is 0 Å². The minimum absolute atomic E-state index is 0.0344. The summed E-state index contributed by atoms with van der Waals surface area (Å²) in [6.45, 7) is 6.45. The van der Waals surface area contributed by atoms with E-state index in [1.807, 2.05) is 20.8 Å². The fourth-order valence-electron chi connectivity index (χ4n) is 2.27. The van der Waals surface area contributed by atoms with Gasteiger partial charge in [0.1, 0.15) is 0 Å². The van der Waals surface area contributed by atoms with Crippen molar-refractivity contribution < 1.29 is 9.53 Å². The molecule has 1 aliphatic heterocycles. The van der Waals surface area contributed by atoms with Crippen LogP contribution in [0.4, 0.5) is 0 Å². The zero-order chi connectivity index (χ0) is 12.4. The van der Waals surface area contributed by atoms with Crippen LogP contribution in [0, 0.1) is 13.8 Å². The molecule has 17 heavy (non-hydrogen) atoms. The van der Waals surface area contributed by atoms with Crippen LogP contribution in [-0.4, -0.2) is 34.9 Å². The molecule has 5 nitrogen and oxygen atoms in total. The first kappa shape index (κ1) is 12.1. The topological polar surface area (TPSA) is 67.0 Å². The van der Waals surface area contributed by atoms with Gasteiger partial charge in [0.25, 0.3) is 5.91 Å². The Hall–Kier alpha value is -1.36. The van der Waals surface area contributed by atoms with Crippen molar-refractivity contribution in [1.29, 1.82) is 0 Å². The smallest absolute Gasteiger partial charge is 0.255 e. The van der Waals surface area contributed by atoms with Crippen molar-refractivity contribution in [2.24, 2.45) is 0 Å². The molecule has 2 rings (SSSR count). The number of aryl methyl sites for hydroxylation is 2. The first-order valence-corrected chi connectivity index (χ1v) is 6.02. The fraction of sp³-hybridized carbons (Fsp3) is 0.667. The fourth-order valence-corrected chi connectivity index (χ4v) is 2.27. The van der Waals surface area contributed by atoms with E-state index in [4.69, 9.17) is 4.74 Å². The molecule has 1 aromatic rings. The number of ether oxygens (including phenoxy) is 1. The number of H-pyrrole nitrogens is 1. The van der Waals surface area contributed by atoms with Crippen molar-refractivity contribution in [3.05, 3.63) is 17.0 Å². The second-order valence-electron chi connectivity index (χ2n) is 4.69. The maximum Gasteiger partial charge on any atom is 0.255 e. The number of amides is 1. The highest BCUT2D eigenvalue weighted by molar-refractivity contribution is 5.96. The van der Waals surface area contributed by atoms with E-state index in [1.165, 1.54) is 0 Å². The predicted molar refractivity (Wildman–Crippen MR) is 64.0 cm³/mol. The third kappa shape index (κ3) is 2.66. The largest absolute Gasteiger partial charge is 0.378 e. The van der Waals surface area contributed by atoms with Gasteiger partial charge >= 0.3 is 0 Å². The van der Waals surface area contributed by atoms with Gasteiger partial charge in [0.2, 0.25) is 0 Å². The van der Waals surface area contributed by atoms with E-state index in [2.05, 4.69) is 15.5 Å². The van der Waals surface area contributed by atoms with Crippen LogP contribution in [0.15, 0.2) is 0 Å². The molecule has 1 saturated heterocycles. The number of nitrogens with one attached hydrogen (secondary N) is 2. The molecule has 2 atom stereocenters. The van der Waals surface area contributed by atoms with Gasteiger partial charge in [-0.1, -0.05) is 0 Å². The molecule has 94 valence electrons. The molecule has 0 radical (unpaired) electrons. The molecule has 0 spiro atoms. The van der Waals surface area contributed by atoms with Gasteiger partial charge in [-0.3, -0.25) is 9.89 Å². The highest BCUT2D eigenvalue weighted by Crippen LogP contribution is 2.15. The molecule has 1 aromatic heterocycles. The van der Waals surface area contributed by atoms with Crippen LogP contribution in [0.25, 0.3) is 0 Å². The van der Waals surface area contributed by atoms with Gasteiger partial charge in [0.05, 0.1) is 17.4 Å². The first-order valence-electron chi connectivity index (χ1n) is 6.02.